The first-order chi connectivity index (χ1) is 13.2. The predicted molar refractivity (Wildman–Crippen MR) is 107 cm³/mol. The lowest BCUT2D eigenvalue weighted by atomic mass is 9.94. The maximum atomic E-state index is 11.8. The molecule has 0 atom stereocenters. The lowest BCUT2D eigenvalue weighted by molar-refractivity contribution is 0.0697. The van der Waals surface area contributed by atoms with Crippen LogP contribution in [0.1, 0.15) is 21.5 Å². The van der Waals surface area contributed by atoms with Crippen LogP contribution in [0.3, 0.4) is 0 Å². The van der Waals surface area contributed by atoms with E-state index in [4.69, 9.17) is 0 Å². The van der Waals surface area contributed by atoms with Crippen molar-refractivity contribution < 1.29 is 9.90 Å². The zero-order valence-electron chi connectivity index (χ0n) is 14.4. The van der Waals surface area contributed by atoms with Crippen molar-refractivity contribution in [1.29, 1.82) is 0 Å². The van der Waals surface area contributed by atoms with Gasteiger partial charge >= 0.3 is 5.97 Å². The summed E-state index contributed by atoms with van der Waals surface area (Å²) in [5.74, 6) is 5.26. The van der Waals surface area contributed by atoms with Crippen LogP contribution in [-0.4, -0.2) is 16.1 Å². The Hall–Kier alpha value is -3.90. The summed E-state index contributed by atoms with van der Waals surface area (Å²) in [5, 5.41) is 10.6. The van der Waals surface area contributed by atoms with Crippen LogP contribution < -0.4 is 0 Å². The molecule has 3 heteroatoms. The number of fused-ring (bicyclic) bond motifs is 1. The molecule has 0 unspecified atom stereocenters. The molecule has 3 nitrogen and oxygen atoms in total. The summed E-state index contributed by atoms with van der Waals surface area (Å²) in [4.78, 5) is 16.3. The third-order valence-electron chi connectivity index (χ3n) is 4.29. The second kappa shape index (κ2) is 7.15. The van der Waals surface area contributed by atoms with E-state index in [0.717, 1.165) is 22.0 Å². The molecular formula is C24H15NO2. The molecule has 1 aromatic heterocycles. The van der Waals surface area contributed by atoms with Crippen molar-refractivity contribution in [2.45, 2.75) is 0 Å². The highest BCUT2D eigenvalue weighted by atomic mass is 16.4. The SMILES string of the molecule is O=C(O)c1cccc(C#Cc2ccccc2)c1-c1cnc2ccccc2c1. The lowest BCUT2D eigenvalue weighted by Crippen LogP contribution is -2.02. The van der Waals surface area contributed by atoms with Gasteiger partial charge in [-0.1, -0.05) is 54.3 Å². The second-order valence-corrected chi connectivity index (χ2v) is 6.07. The van der Waals surface area contributed by atoms with Gasteiger partial charge < -0.3 is 5.11 Å². The van der Waals surface area contributed by atoms with Crippen molar-refractivity contribution in [3.63, 3.8) is 0 Å². The fourth-order valence-corrected chi connectivity index (χ4v) is 3.01. The van der Waals surface area contributed by atoms with Crippen molar-refractivity contribution in [2.24, 2.45) is 0 Å². The number of carboxylic acids is 1. The highest BCUT2D eigenvalue weighted by Crippen LogP contribution is 2.29. The van der Waals surface area contributed by atoms with Gasteiger partial charge in [0.05, 0.1) is 11.1 Å². The molecule has 0 fully saturated rings. The quantitative estimate of drug-likeness (QED) is 0.518. The van der Waals surface area contributed by atoms with Gasteiger partial charge in [-0.15, -0.1) is 0 Å². The van der Waals surface area contributed by atoms with E-state index in [-0.39, 0.29) is 5.56 Å². The summed E-state index contributed by atoms with van der Waals surface area (Å²) in [6.07, 6.45) is 1.71. The maximum Gasteiger partial charge on any atom is 0.336 e. The average molecular weight is 349 g/mol. The molecule has 0 saturated carbocycles. The van der Waals surface area contributed by atoms with Gasteiger partial charge in [0.1, 0.15) is 0 Å². The first kappa shape index (κ1) is 16.6. The van der Waals surface area contributed by atoms with Crippen LogP contribution in [0.2, 0.25) is 0 Å². The summed E-state index contributed by atoms with van der Waals surface area (Å²) < 4.78 is 0. The number of carboxylic acid groups (broad SMARTS) is 1. The number of rotatable bonds is 2. The van der Waals surface area contributed by atoms with Gasteiger partial charge in [-0.05, 0) is 36.4 Å². The Bertz CT molecular complexity index is 1200. The molecule has 0 aliphatic carbocycles. The van der Waals surface area contributed by atoms with E-state index >= 15 is 0 Å². The highest BCUT2D eigenvalue weighted by Gasteiger charge is 2.15. The normalized spacial score (nSPS) is 10.2. The molecule has 0 aliphatic rings. The first-order valence-corrected chi connectivity index (χ1v) is 8.51. The molecule has 0 saturated heterocycles. The number of hydrogen-bond donors (Lipinski definition) is 1. The van der Waals surface area contributed by atoms with Crippen LogP contribution in [0.25, 0.3) is 22.0 Å². The number of aromatic carboxylic acids is 1. The number of pyridine rings is 1. The number of carbonyl (C=O) groups is 1. The van der Waals surface area contributed by atoms with Crippen molar-refractivity contribution in [2.75, 3.05) is 0 Å². The lowest BCUT2D eigenvalue weighted by Gasteiger charge is -2.10. The predicted octanol–water partition coefficient (Wildman–Crippen LogP) is 5.00. The molecule has 3 aromatic carbocycles. The van der Waals surface area contributed by atoms with Gasteiger partial charge in [0.2, 0.25) is 0 Å². The molecule has 1 N–H and O–H groups in total. The molecule has 0 bridgehead atoms. The Labute approximate surface area is 156 Å². The largest absolute Gasteiger partial charge is 0.478 e. The summed E-state index contributed by atoms with van der Waals surface area (Å²) in [7, 11) is 0. The van der Waals surface area contributed by atoms with Crippen LogP contribution in [0.15, 0.2) is 85.1 Å². The summed E-state index contributed by atoms with van der Waals surface area (Å²) >= 11 is 0. The molecular weight excluding hydrogens is 334 g/mol. The monoisotopic (exact) mass is 349 g/mol. The number of benzene rings is 3. The molecule has 128 valence electrons. The Morgan fingerprint density at radius 3 is 2.44 bits per heavy atom. The van der Waals surface area contributed by atoms with Crippen molar-refractivity contribution in [3.8, 4) is 23.0 Å². The van der Waals surface area contributed by atoms with E-state index in [1.807, 2.05) is 66.7 Å². The van der Waals surface area contributed by atoms with Gasteiger partial charge in [-0.2, -0.15) is 0 Å². The third kappa shape index (κ3) is 3.42. The third-order valence-corrected chi connectivity index (χ3v) is 4.29. The fourth-order valence-electron chi connectivity index (χ4n) is 3.01. The first-order valence-electron chi connectivity index (χ1n) is 8.51. The molecule has 0 aliphatic heterocycles. The summed E-state index contributed by atoms with van der Waals surface area (Å²) in [6.45, 7) is 0. The minimum absolute atomic E-state index is 0.215. The van der Waals surface area contributed by atoms with Crippen LogP contribution >= 0.6 is 0 Å². The Balaban J connectivity index is 1.91. The molecule has 0 amide bonds. The number of para-hydroxylation sites is 1. The minimum Gasteiger partial charge on any atom is -0.478 e. The van der Waals surface area contributed by atoms with Crippen LogP contribution in [0, 0.1) is 11.8 Å². The standard InChI is InChI=1S/C24H15NO2/c26-24(27)21-11-6-10-18(14-13-17-7-2-1-3-8-17)23(21)20-15-19-9-4-5-12-22(19)25-16-20/h1-12,15-16H,(H,26,27). The van der Waals surface area contributed by atoms with E-state index in [2.05, 4.69) is 16.8 Å². The van der Waals surface area contributed by atoms with E-state index < -0.39 is 5.97 Å². The van der Waals surface area contributed by atoms with Gasteiger partial charge in [0, 0.05) is 33.8 Å². The van der Waals surface area contributed by atoms with Crippen LogP contribution in [0.5, 0.6) is 0 Å². The van der Waals surface area contributed by atoms with Gasteiger partial charge in [-0.25, -0.2) is 4.79 Å². The van der Waals surface area contributed by atoms with Crippen LogP contribution in [0.4, 0.5) is 0 Å². The Kier molecular flexibility index (Phi) is 4.38. The Morgan fingerprint density at radius 2 is 1.63 bits per heavy atom. The summed E-state index contributed by atoms with van der Waals surface area (Å²) in [5.41, 5.74) is 3.95. The van der Waals surface area contributed by atoms with Crippen LogP contribution in [-0.2, 0) is 0 Å². The minimum atomic E-state index is -0.985. The average Bonchev–Trinajstić information content (AvgIpc) is 2.72. The molecule has 1 heterocycles. The number of hydrogen-bond acceptors (Lipinski definition) is 2. The molecule has 0 spiro atoms. The van der Waals surface area contributed by atoms with Gasteiger partial charge in [0.25, 0.3) is 0 Å². The zero-order chi connectivity index (χ0) is 18.6. The topological polar surface area (TPSA) is 50.2 Å². The van der Waals surface area contributed by atoms with Gasteiger partial charge in [-0.3, -0.25) is 4.98 Å². The van der Waals surface area contributed by atoms with E-state index in [9.17, 15) is 9.90 Å². The smallest absolute Gasteiger partial charge is 0.336 e. The Morgan fingerprint density at radius 1 is 0.852 bits per heavy atom. The van der Waals surface area contributed by atoms with E-state index in [1.165, 1.54) is 0 Å². The highest BCUT2D eigenvalue weighted by molar-refractivity contribution is 5.99. The maximum absolute atomic E-state index is 11.8. The van der Waals surface area contributed by atoms with E-state index in [1.54, 1.807) is 18.3 Å². The number of nitrogens with zero attached hydrogens (tertiary/aromatic N) is 1. The van der Waals surface area contributed by atoms with E-state index in [0.29, 0.717) is 11.1 Å². The molecule has 0 radical (unpaired) electrons. The van der Waals surface area contributed by atoms with Crippen molar-refractivity contribution in [3.05, 3.63) is 102 Å². The summed E-state index contributed by atoms with van der Waals surface area (Å²) in [6, 6.07) is 24.5. The number of aromatic nitrogens is 1. The molecule has 27 heavy (non-hydrogen) atoms. The van der Waals surface area contributed by atoms with Crippen molar-refractivity contribution >= 4 is 16.9 Å². The zero-order valence-corrected chi connectivity index (χ0v) is 14.4. The fraction of sp³-hybridized carbons (Fsp3) is 0. The van der Waals surface area contributed by atoms with Crippen molar-refractivity contribution in [1.82, 2.24) is 4.98 Å². The second-order valence-electron chi connectivity index (χ2n) is 6.07. The van der Waals surface area contributed by atoms with Gasteiger partial charge in [0.15, 0.2) is 0 Å². The molecule has 4 rings (SSSR count). The molecule has 4 aromatic rings.